The molecule has 1 amide bonds. The topological polar surface area (TPSA) is 51.2 Å². The Morgan fingerprint density at radius 2 is 2.00 bits per heavy atom. The van der Waals surface area contributed by atoms with Crippen molar-refractivity contribution < 1.29 is 9.53 Å². The third kappa shape index (κ3) is 3.44. The molecule has 0 aliphatic carbocycles. The Hall–Kier alpha value is -2.10. The fourth-order valence-electron chi connectivity index (χ4n) is 1.78. The predicted octanol–water partition coefficient (Wildman–Crippen LogP) is 3.89. The average Bonchev–Trinajstić information content (AvgIpc) is 2.27. The zero-order valence-corrected chi connectivity index (χ0v) is 11.7. The van der Waals surface area contributed by atoms with Crippen molar-refractivity contribution >= 4 is 22.7 Å². The lowest BCUT2D eigenvalue weighted by molar-refractivity contribution is 0.0636. The molecule has 0 fully saturated rings. The van der Waals surface area contributed by atoms with E-state index in [0.717, 1.165) is 16.5 Å². The summed E-state index contributed by atoms with van der Waals surface area (Å²) in [6.07, 6.45) is 1.21. The van der Waals surface area contributed by atoms with Crippen LogP contribution in [0.25, 0.3) is 10.9 Å². The molecule has 0 unspecified atom stereocenters. The van der Waals surface area contributed by atoms with E-state index < -0.39 is 11.7 Å². The van der Waals surface area contributed by atoms with Gasteiger partial charge in [-0.2, -0.15) is 0 Å². The highest BCUT2D eigenvalue weighted by molar-refractivity contribution is 5.98. The molecule has 0 saturated carbocycles. The summed E-state index contributed by atoms with van der Waals surface area (Å²) in [5.74, 6) is 0. The molecule has 0 radical (unpaired) electrons. The second-order valence-corrected chi connectivity index (χ2v) is 5.51. The number of rotatable bonds is 1. The standard InChI is InChI=1S/C15H18N2O2/c1-10-5-6-12-11(9-10)13(7-8-16-12)17-14(18)19-15(2,3)4/h5-9H,1-4H3,(H,16,17,18). The van der Waals surface area contributed by atoms with E-state index in [-0.39, 0.29) is 0 Å². The smallest absolute Gasteiger partial charge is 0.412 e. The number of benzene rings is 1. The van der Waals surface area contributed by atoms with E-state index in [2.05, 4.69) is 10.3 Å². The Balaban J connectivity index is 2.30. The van der Waals surface area contributed by atoms with Crippen LogP contribution in [0.1, 0.15) is 26.3 Å². The maximum absolute atomic E-state index is 11.8. The van der Waals surface area contributed by atoms with Crippen molar-refractivity contribution in [3.8, 4) is 0 Å². The van der Waals surface area contributed by atoms with E-state index >= 15 is 0 Å². The number of ether oxygens (including phenoxy) is 1. The second kappa shape index (κ2) is 4.88. The summed E-state index contributed by atoms with van der Waals surface area (Å²) in [7, 11) is 0. The summed E-state index contributed by atoms with van der Waals surface area (Å²) in [5, 5.41) is 3.68. The highest BCUT2D eigenvalue weighted by Gasteiger charge is 2.16. The molecule has 0 aliphatic rings. The molecule has 100 valence electrons. The second-order valence-electron chi connectivity index (χ2n) is 5.51. The molecular formula is C15H18N2O2. The lowest BCUT2D eigenvalue weighted by Crippen LogP contribution is -2.27. The molecule has 19 heavy (non-hydrogen) atoms. The molecule has 0 bridgehead atoms. The van der Waals surface area contributed by atoms with Crippen LogP contribution in [0, 0.1) is 6.92 Å². The van der Waals surface area contributed by atoms with Crippen molar-refractivity contribution in [1.82, 2.24) is 4.98 Å². The van der Waals surface area contributed by atoms with Gasteiger partial charge in [-0.25, -0.2) is 4.79 Å². The predicted molar refractivity (Wildman–Crippen MR) is 76.3 cm³/mol. The van der Waals surface area contributed by atoms with Crippen LogP contribution < -0.4 is 5.32 Å². The van der Waals surface area contributed by atoms with Crippen LogP contribution in [-0.4, -0.2) is 16.7 Å². The molecule has 4 heteroatoms. The summed E-state index contributed by atoms with van der Waals surface area (Å²) >= 11 is 0. The van der Waals surface area contributed by atoms with E-state index in [1.54, 1.807) is 12.3 Å². The fourth-order valence-corrected chi connectivity index (χ4v) is 1.78. The molecule has 1 aromatic heterocycles. The number of hydrogen-bond acceptors (Lipinski definition) is 3. The monoisotopic (exact) mass is 258 g/mol. The minimum Gasteiger partial charge on any atom is -0.444 e. The van der Waals surface area contributed by atoms with Gasteiger partial charge in [0.05, 0.1) is 11.2 Å². The zero-order valence-electron chi connectivity index (χ0n) is 11.7. The van der Waals surface area contributed by atoms with Crippen molar-refractivity contribution in [3.63, 3.8) is 0 Å². The van der Waals surface area contributed by atoms with Crippen LogP contribution in [0.2, 0.25) is 0 Å². The molecule has 1 heterocycles. The summed E-state index contributed by atoms with van der Waals surface area (Å²) < 4.78 is 5.25. The van der Waals surface area contributed by atoms with Gasteiger partial charge >= 0.3 is 6.09 Å². The molecule has 0 saturated heterocycles. The summed E-state index contributed by atoms with van der Waals surface area (Å²) in [6.45, 7) is 7.51. The lowest BCUT2D eigenvalue weighted by Gasteiger charge is -2.20. The first kappa shape index (κ1) is 13.3. The molecule has 0 aliphatic heterocycles. The molecule has 1 aromatic carbocycles. The van der Waals surface area contributed by atoms with Crippen LogP contribution in [0.15, 0.2) is 30.5 Å². The molecule has 0 atom stereocenters. The van der Waals surface area contributed by atoms with Crippen LogP contribution in [0.5, 0.6) is 0 Å². The molecule has 0 spiro atoms. The van der Waals surface area contributed by atoms with Gasteiger partial charge < -0.3 is 4.74 Å². The highest BCUT2D eigenvalue weighted by atomic mass is 16.6. The van der Waals surface area contributed by atoms with E-state index in [4.69, 9.17) is 4.74 Å². The van der Waals surface area contributed by atoms with E-state index in [9.17, 15) is 4.79 Å². The van der Waals surface area contributed by atoms with Crippen LogP contribution in [0.3, 0.4) is 0 Å². The minimum absolute atomic E-state index is 0.457. The first-order valence-corrected chi connectivity index (χ1v) is 6.20. The van der Waals surface area contributed by atoms with Gasteiger partial charge in [0, 0.05) is 11.6 Å². The van der Waals surface area contributed by atoms with E-state index in [1.807, 2.05) is 45.9 Å². The number of hydrogen-bond donors (Lipinski definition) is 1. The first-order valence-electron chi connectivity index (χ1n) is 6.20. The molecule has 2 aromatic rings. The van der Waals surface area contributed by atoms with Gasteiger partial charge in [0.2, 0.25) is 0 Å². The van der Waals surface area contributed by atoms with E-state index in [1.165, 1.54) is 0 Å². The number of aryl methyl sites for hydroxylation is 1. The lowest BCUT2D eigenvalue weighted by atomic mass is 10.1. The third-order valence-corrected chi connectivity index (χ3v) is 2.53. The van der Waals surface area contributed by atoms with Gasteiger partial charge in [0.25, 0.3) is 0 Å². The maximum atomic E-state index is 11.8. The summed E-state index contributed by atoms with van der Waals surface area (Å²) in [6, 6.07) is 7.69. The maximum Gasteiger partial charge on any atom is 0.412 e. The Morgan fingerprint density at radius 3 is 2.68 bits per heavy atom. The summed E-state index contributed by atoms with van der Waals surface area (Å²) in [5.41, 5.74) is 2.16. The van der Waals surface area contributed by atoms with Gasteiger partial charge in [-0.05, 0) is 45.9 Å². The first-order chi connectivity index (χ1) is 8.85. The number of nitrogens with zero attached hydrogens (tertiary/aromatic N) is 1. The average molecular weight is 258 g/mol. The van der Waals surface area contributed by atoms with Gasteiger partial charge in [-0.3, -0.25) is 10.3 Å². The molecule has 2 rings (SSSR count). The number of nitrogens with one attached hydrogen (secondary N) is 1. The minimum atomic E-state index is -0.511. The number of carbonyl (C=O) groups excluding carboxylic acids is 1. The van der Waals surface area contributed by atoms with Gasteiger partial charge in [0.15, 0.2) is 0 Å². The Bertz CT molecular complexity index is 615. The largest absolute Gasteiger partial charge is 0.444 e. The van der Waals surface area contributed by atoms with Crippen molar-refractivity contribution in [2.45, 2.75) is 33.3 Å². The van der Waals surface area contributed by atoms with Crippen molar-refractivity contribution in [2.75, 3.05) is 5.32 Å². The number of anilines is 1. The van der Waals surface area contributed by atoms with Crippen molar-refractivity contribution in [1.29, 1.82) is 0 Å². The van der Waals surface area contributed by atoms with Gasteiger partial charge in [0.1, 0.15) is 5.60 Å². The normalized spacial score (nSPS) is 11.4. The summed E-state index contributed by atoms with van der Waals surface area (Å²) in [4.78, 5) is 16.1. The number of carbonyl (C=O) groups is 1. The van der Waals surface area contributed by atoms with Crippen LogP contribution >= 0.6 is 0 Å². The quantitative estimate of drug-likeness (QED) is 0.844. The Morgan fingerprint density at radius 1 is 1.26 bits per heavy atom. The fraction of sp³-hybridized carbons (Fsp3) is 0.333. The molecule has 1 N–H and O–H groups in total. The van der Waals surface area contributed by atoms with Gasteiger partial charge in [-0.1, -0.05) is 11.6 Å². The van der Waals surface area contributed by atoms with E-state index in [0.29, 0.717) is 5.69 Å². The van der Waals surface area contributed by atoms with Crippen molar-refractivity contribution in [3.05, 3.63) is 36.0 Å². The van der Waals surface area contributed by atoms with Crippen LogP contribution in [-0.2, 0) is 4.74 Å². The molecular weight excluding hydrogens is 240 g/mol. The third-order valence-electron chi connectivity index (χ3n) is 2.53. The van der Waals surface area contributed by atoms with Gasteiger partial charge in [-0.15, -0.1) is 0 Å². The van der Waals surface area contributed by atoms with Crippen LogP contribution in [0.4, 0.5) is 10.5 Å². The Kier molecular flexibility index (Phi) is 3.42. The SMILES string of the molecule is Cc1ccc2nccc(NC(=O)OC(C)(C)C)c2c1. The highest BCUT2D eigenvalue weighted by Crippen LogP contribution is 2.23. The number of pyridine rings is 1. The molecule has 4 nitrogen and oxygen atoms in total. The zero-order chi connectivity index (χ0) is 14.0. The number of aromatic nitrogens is 1. The van der Waals surface area contributed by atoms with Crippen molar-refractivity contribution in [2.24, 2.45) is 0 Å². The number of fused-ring (bicyclic) bond motifs is 1. The number of amides is 1. The Labute approximate surface area is 112 Å².